The zero-order chi connectivity index (χ0) is 19.1. The van der Waals surface area contributed by atoms with Crippen molar-refractivity contribution in [2.45, 2.75) is 11.1 Å². The van der Waals surface area contributed by atoms with Gasteiger partial charge in [-0.15, -0.1) is 20.6 Å². The zero-order valence-electron chi connectivity index (χ0n) is 14.4. The maximum Gasteiger partial charge on any atom is 0.0920 e. The Labute approximate surface area is 172 Å². The van der Waals surface area contributed by atoms with Crippen LogP contribution < -0.4 is 4.90 Å². The topological polar surface area (TPSA) is 43.7 Å². The molecule has 0 bridgehead atoms. The molecule has 26 heavy (non-hydrogen) atoms. The number of hydrogen-bond acceptors (Lipinski definition) is 4. The summed E-state index contributed by atoms with van der Waals surface area (Å²) in [4.78, 5) is 3.73. The molecule has 1 heterocycles. The molecule has 0 aliphatic carbocycles. The van der Waals surface area contributed by atoms with Crippen molar-refractivity contribution in [3.63, 3.8) is 0 Å². The van der Waals surface area contributed by atoms with Gasteiger partial charge < -0.3 is 14.0 Å². The fourth-order valence-electron chi connectivity index (χ4n) is 2.35. The number of thiophene rings is 1. The van der Waals surface area contributed by atoms with E-state index in [1.807, 2.05) is 66.4 Å². The van der Waals surface area contributed by atoms with Gasteiger partial charge in [0, 0.05) is 40.7 Å². The van der Waals surface area contributed by atoms with E-state index in [2.05, 4.69) is 9.24 Å². The van der Waals surface area contributed by atoms with E-state index in [-0.39, 0.29) is 0 Å². The number of anilines is 1. The molecule has 140 valence electrons. The Morgan fingerprint density at radius 1 is 1.31 bits per heavy atom. The number of nitrogens with zero attached hydrogens (tertiary/aromatic N) is 1. The van der Waals surface area contributed by atoms with Crippen molar-refractivity contribution in [3.05, 3.63) is 64.5 Å². The minimum atomic E-state index is -0.975. The predicted octanol–water partition coefficient (Wildman–Crippen LogP) is 6.68. The van der Waals surface area contributed by atoms with Gasteiger partial charge in [-0.2, -0.15) is 0 Å². The Kier molecular flexibility index (Phi) is 8.91. The van der Waals surface area contributed by atoms with E-state index in [4.69, 9.17) is 11.6 Å². The summed E-state index contributed by atoms with van der Waals surface area (Å²) in [6.07, 6.45) is 6.15. The monoisotopic (exact) mass is 445 g/mol. The number of rotatable bonds is 6. The minimum absolute atomic E-state index is 0.548. The molecular formula is C18H21ClNO2PS3. The predicted molar refractivity (Wildman–Crippen MR) is 125 cm³/mol. The summed E-state index contributed by atoms with van der Waals surface area (Å²) in [5.74, 6) is 0. The average molecular weight is 446 g/mol. The summed E-state index contributed by atoms with van der Waals surface area (Å²) in [7, 11) is 1.72. The third-order valence-electron chi connectivity index (χ3n) is 3.55. The molecule has 8 heteroatoms. The summed E-state index contributed by atoms with van der Waals surface area (Å²) in [5, 5.41) is 0.548. The number of benzene rings is 1. The second-order valence-corrected chi connectivity index (χ2v) is 9.28. The van der Waals surface area contributed by atoms with Crippen LogP contribution in [0, 0.1) is 0 Å². The van der Waals surface area contributed by atoms with Crippen LogP contribution in [0.4, 0.5) is 5.69 Å². The van der Waals surface area contributed by atoms with Gasteiger partial charge in [0.2, 0.25) is 0 Å². The van der Waals surface area contributed by atoms with E-state index in [0.717, 1.165) is 37.4 Å². The lowest BCUT2D eigenvalue weighted by Gasteiger charge is -2.25. The van der Waals surface area contributed by atoms with E-state index < -0.39 is 10.8 Å². The number of para-hydroxylation sites is 1. The molecule has 0 aliphatic rings. The second kappa shape index (κ2) is 10.7. The van der Waals surface area contributed by atoms with E-state index >= 15 is 0 Å². The number of halogens is 1. The lowest BCUT2D eigenvalue weighted by atomic mass is 10.2. The first kappa shape index (κ1) is 21.7. The van der Waals surface area contributed by atoms with Crippen LogP contribution in [0.15, 0.2) is 63.9 Å². The highest BCUT2D eigenvalue weighted by molar-refractivity contribution is 8.10. The molecule has 2 rings (SSSR count). The molecule has 2 atom stereocenters. The quantitative estimate of drug-likeness (QED) is 0.171. The summed E-state index contributed by atoms with van der Waals surface area (Å²) < 4.78 is 20.4. The molecule has 1 aromatic heterocycles. The maximum absolute atomic E-state index is 10.4. The fraction of sp³-hybridized carbons (Fsp3) is 0.167. The van der Waals surface area contributed by atoms with Gasteiger partial charge in [-0.25, -0.2) is 0 Å². The van der Waals surface area contributed by atoms with E-state index in [1.54, 1.807) is 6.26 Å². The van der Waals surface area contributed by atoms with Gasteiger partial charge in [0.1, 0.15) is 0 Å². The highest BCUT2D eigenvalue weighted by atomic mass is 35.5. The van der Waals surface area contributed by atoms with Crippen molar-refractivity contribution in [2.24, 2.45) is 0 Å². The molecular weight excluding hydrogens is 425 g/mol. The molecule has 2 unspecified atom stereocenters. The highest BCUT2D eigenvalue weighted by Gasteiger charge is 2.15. The van der Waals surface area contributed by atoms with Crippen LogP contribution in [0.3, 0.4) is 0 Å². The zero-order valence-corrected chi connectivity index (χ0v) is 18.8. The molecule has 0 spiro atoms. The SMILES string of the molecule is C/C=C(\C(Cl)=C/C(N(CP)c1ccccc1)=S(C)O)c1ccc(SO)s1. The van der Waals surface area contributed by atoms with Gasteiger partial charge in [-0.1, -0.05) is 35.9 Å². The first-order valence-electron chi connectivity index (χ1n) is 7.72. The van der Waals surface area contributed by atoms with Crippen molar-refractivity contribution in [3.8, 4) is 0 Å². The second-order valence-electron chi connectivity index (χ2n) is 5.17. The summed E-state index contributed by atoms with van der Waals surface area (Å²) in [6.45, 7) is 1.92. The molecule has 1 aromatic carbocycles. The number of hydrogen-bond donors (Lipinski definition) is 2. The molecule has 0 amide bonds. The molecule has 2 aromatic rings. The van der Waals surface area contributed by atoms with Crippen molar-refractivity contribution in [1.29, 1.82) is 0 Å². The standard InChI is InChI=1S/C18H21ClNO2PS3/c1-3-14(16-9-10-18(24-16)25-21)15(19)11-17(26(2)22)20(12-23)13-7-5-4-6-8-13/h3-11,21-22H,12,23H2,1-2H3/b14-3+,15-11+. The van der Waals surface area contributed by atoms with Crippen LogP contribution in [0.1, 0.15) is 11.8 Å². The Bertz CT molecular complexity index is 830. The molecule has 0 saturated heterocycles. The van der Waals surface area contributed by atoms with Crippen molar-refractivity contribution < 1.29 is 9.11 Å². The van der Waals surface area contributed by atoms with Crippen LogP contribution >= 0.6 is 55.0 Å². The van der Waals surface area contributed by atoms with Gasteiger partial charge in [0.15, 0.2) is 0 Å². The van der Waals surface area contributed by atoms with E-state index in [1.165, 1.54) is 11.3 Å². The summed E-state index contributed by atoms with van der Waals surface area (Å²) in [5.41, 5.74) is 1.86. The Hall–Kier alpha value is -0.590. The summed E-state index contributed by atoms with van der Waals surface area (Å²) >= 11 is 8.83. The molecule has 3 nitrogen and oxygen atoms in total. The number of allylic oxidation sites excluding steroid dienone is 3. The molecule has 2 N–H and O–H groups in total. The van der Waals surface area contributed by atoms with Gasteiger partial charge in [-0.3, -0.25) is 0 Å². The fourth-order valence-corrected chi connectivity index (χ4v) is 5.49. The van der Waals surface area contributed by atoms with E-state index in [0.29, 0.717) is 11.3 Å². The first-order valence-corrected chi connectivity index (χ1v) is 12.1. The molecule has 0 fully saturated rings. The van der Waals surface area contributed by atoms with Crippen LogP contribution in [-0.2, 0) is 0 Å². The Balaban J connectivity index is 2.42. The molecule has 0 radical (unpaired) electrons. The smallest absolute Gasteiger partial charge is 0.0920 e. The van der Waals surface area contributed by atoms with E-state index in [9.17, 15) is 9.11 Å². The van der Waals surface area contributed by atoms with Crippen LogP contribution in [-0.4, -0.2) is 26.6 Å². The van der Waals surface area contributed by atoms with Crippen molar-refractivity contribution in [2.75, 3.05) is 17.4 Å². The van der Waals surface area contributed by atoms with Gasteiger partial charge >= 0.3 is 0 Å². The van der Waals surface area contributed by atoms with Crippen LogP contribution in [0.2, 0.25) is 0 Å². The largest absolute Gasteiger partial charge is 0.336 e. The third-order valence-corrected chi connectivity index (χ3v) is 6.88. The maximum atomic E-state index is 10.4. The molecule has 0 saturated carbocycles. The van der Waals surface area contributed by atoms with Crippen LogP contribution in [0.25, 0.3) is 5.57 Å². The highest BCUT2D eigenvalue weighted by Crippen LogP contribution is 2.35. The van der Waals surface area contributed by atoms with Gasteiger partial charge in [-0.05, 0) is 48.0 Å². The van der Waals surface area contributed by atoms with Crippen LogP contribution in [0.5, 0.6) is 0 Å². The normalized spacial score (nSPS) is 14.3. The lowest BCUT2D eigenvalue weighted by molar-refractivity contribution is 0.664. The minimum Gasteiger partial charge on any atom is -0.336 e. The van der Waals surface area contributed by atoms with Gasteiger partial charge in [0.05, 0.1) is 14.2 Å². The van der Waals surface area contributed by atoms with Gasteiger partial charge in [0.25, 0.3) is 0 Å². The average Bonchev–Trinajstić information content (AvgIpc) is 3.11. The first-order chi connectivity index (χ1) is 12.5. The summed E-state index contributed by atoms with van der Waals surface area (Å²) in [6, 6.07) is 13.7. The van der Waals surface area contributed by atoms with Crippen molar-refractivity contribution >= 4 is 71.2 Å². The Morgan fingerprint density at radius 3 is 2.50 bits per heavy atom. The van der Waals surface area contributed by atoms with Crippen molar-refractivity contribution in [1.82, 2.24) is 0 Å². The third kappa shape index (κ3) is 5.46. The lowest BCUT2D eigenvalue weighted by Crippen LogP contribution is -2.28. The molecule has 0 aliphatic heterocycles. The Morgan fingerprint density at radius 2 is 2.00 bits per heavy atom.